The third kappa shape index (κ3) is 4.76. The Morgan fingerprint density at radius 1 is 1.21 bits per heavy atom. The second kappa shape index (κ2) is 8.50. The van der Waals surface area contributed by atoms with Gasteiger partial charge in [-0.15, -0.1) is 0 Å². The van der Waals surface area contributed by atoms with Crippen LogP contribution in [0, 0.1) is 0 Å². The third-order valence-electron chi connectivity index (χ3n) is 5.15. The number of benzene rings is 1. The first kappa shape index (κ1) is 21.3. The van der Waals surface area contributed by atoms with Gasteiger partial charge in [-0.05, 0) is 26.1 Å². The average Bonchev–Trinajstić information content (AvgIpc) is 2.67. The molecule has 1 fully saturated rings. The number of halogens is 3. The van der Waals surface area contributed by atoms with E-state index in [4.69, 9.17) is 0 Å². The van der Waals surface area contributed by atoms with E-state index in [0.29, 0.717) is 13.1 Å². The number of fused-ring (bicyclic) bond motifs is 1. The second-order valence-corrected chi connectivity index (χ2v) is 7.23. The molecule has 29 heavy (non-hydrogen) atoms. The molecule has 1 aliphatic rings. The predicted octanol–water partition coefficient (Wildman–Crippen LogP) is 1.34. The van der Waals surface area contributed by atoms with Crippen LogP contribution in [0.3, 0.4) is 0 Å². The van der Waals surface area contributed by atoms with Crippen LogP contribution in [-0.2, 0) is 11.0 Å². The van der Waals surface area contributed by atoms with Crippen molar-refractivity contribution in [2.75, 3.05) is 46.3 Å². The van der Waals surface area contributed by atoms with E-state index >= 15 is 0 Å². The van der Waals surface area contributed by atoms with Gasteiger partial charge < -0.3 is 10.2 Å². The number of alkyl halides is 3. The summed E-state index contributed by atoms with van der Waals surface area (Å²) in [5.74, 6) is -0.509. The Morgan fingerprint density at radius 3 is 2.52 bits per heavy atom. The maximum atomic E-state index is 13.3. The fourth-order valence-electron chi connectivity index (χ4n) is 3.40. The Bertz CT molecular complexity index is 936. The smallest absolute Gasteiger partial charge is 0.353 e. The van der Waals surface area contributed by atoms with Gasteiger partial charge >= 0.3 is 6.18 Å². The zero-order valence-electron chi connectivity index (χ0n) is 16.4. The molecule has 1 amide bonds. The van der Waals surface area contributed by atoms with E-state index in [-0.39, 0.29) is 11.0 Å². The molecule has 2 heterocycles. The van der Waals surface area contributed by atoms with E-state index in [1.807, 2.05) is 7.05 Å². The summed E-state index contributed by atoms with van der Waals surface area (Å²) in [6, 6.07) is 4.89. The van der Waals surface area contributed by atoms with Crippen molar-refractivity contribution in [2.45, 2.75) is 19.1 Å². The summed E-state index contributed by atoms with van der Waals surface area (Å²) >= 11 is 0. The first-order valence-electron chi connectivity index (χ1n) is 9.45. The van der Waals surface area contributed by atoms with Gasteiger partial charge in [-0.2, -0.15) is 13.2 Å². The molecule has 1 unspecified atom stereocenters. The van der Waals surface area contributed by atoms with Gasteiger partial charge in [0.1, 0.15) is 6.04 Å². The quantitative estimate of drug-likeness (QED) is 0.804. The van der Waals surface area contributed by atoms with Crippen LogP contribution >= 0.6 is 0 Å². The fourth-order valence-corrected chi connectivity index (χ4v) is 3.40. The number of hydrogen-bond donors (Lipinski definition) is 1. The highest BCUT2D eigenvalue weighted by Crippen LogP contribution is 2.27. The lowest BCUT2D eigenvalue weighted by Gasteiger charge is -2.32. The van der Waals surface area contributed by atoms with Crippen LogP contribution in [-0.4, -0.2) is 71.6 Å². The summed E-state index contributed by atoms with van der Waals surface area (Å²) in [5.41, 5.74) is -2.64. The van der Waals surface area contributed by atoms with Crippen molar-refractivity contribution in [1.82, 2.24) is 24.7 Å². The molecule has 0 saturated carbocycles. The molecule has 1 aliphatic heterocycles. The predicted molar refractivity (Wildman–Crippen MR) is 103 cm³/mol. The topological polar surface area (TPSA) is 70.5 Å². The van der Waals surface area contributed by atoms with Crippen LogP contribution in [0.5, 0.6) is 0 Å². The number of amides is 1. The minimum absolute atomic E-state index is 0.0107. The molecule has 7 nitrogen and oxygen atoms in total. The molecule has 0 aliphatic carbocycles. The molecule has 2 aromatic rings. The van der Waals surface area contributed by atoms with Crippen LogP contribution < -0.4 is 10.9 Å². The van der Waals surface area contributed by atoms with E-state index in [1.165, 1.54) is 25.1 Å². The number of aromatic nitrogens is 2. The van der Waals surface area contributed by atoms with Gasteiger partial charge in [0.05, 0.1) is 11.0 Å². The molecule has 1 N–H and O–H groups in total. The molecular formula is C19H24F3N5O2. The van der Waals surface area contributed by atoms with Crippen LogP contribution in [0.15, 0.2) is 29.1 Å². The summed E-state index contributed by atoms with van der Waals surface area (Å²) in [4.78, 5) is 33.0. The Balaban J connectivity index is 1.79. The lowest BCUT2D eigenvalue weighted by molar-refractivity contribution is -0.142. The Hall–Kier alpha value is -2.46. The van der Waals surface area contributed by atoms with Crippen LogP contribution in [0.25, 0.3) is 11.0 Å². The largest absolute Gasteiger partial charge is 0.438 e. The molecular weight excluding hydrogens is 387 g/mol. The number of likely N-dealkylation sites (N-methyl/N-ethyl adjacent to an activating group) is 1. The van der Waals surface area contributed by atoms with Crippen molar-refractivity contribution in [1.29, 1.82) is 0 Å². The maximum Gasteiger partial charge on any atom is 0.438 e. The maximum absolute atomic E-state index is 13.3. The Morgan fingerprint density at radius 2 is 1.86 bits per heavy atom. The normalized spacial score (nSPS) is 17.4. The molecule has 0 spiro atoms. The number of para-hydroxylation sites is 2. The van der Waals surface area contributed by atoms with Crippen LogP contribution in [0.2, 0.25) is 0 Å². The van der Waals surface area contributed by atoms with Gasteiger partial charge in [-0.3, -0.25) is 19.1 Å². The number of rotatable bonds is 5. The summed E-state index contributed by atoms with van der Waals surface area (Å²) in [6.07, 6.45) is -4.90. The lowest BCUT2D eigenvalue weighted by atomic mass is 10.2. The second-order valence-electron chi connectivity index (χ2n) is 7.23. The number of piperazine rings is 1. The number of hydrogen-bond acceptors (Lipinski definition) is 5. The highest BCUT2D eigenvalue weighted by atomic mass is 19.4. The molecule has 1 aromatic carbocycles. The summed E-state index contributed by atoms with van der Waals surface area (Å²) < 4.78 is 40.7. The molecule has 1 saturated heterocycles. The lowest BCUT2D eigenvalue weighted by Crippen LogP contribution is -2.47. The standard InChI is InChI=1S/C19H24F3N5O2/c1-13(17(28)23-7-8-26-11-9-25(2)10-12-26)27-15-6-4-3-5-14(15)24-16(18(27)29)19(20,21)22/h3-6,13H,7-12H2,1-2H3,(H,23,28). The van der Waals surface area contributed by atoms with E-state index in [1.54, 1.807) is 6.07 Å². The molecule has 0 radical (unpaired) electrons. The Labute approximate surface area is 166 Å². The number of carbonyl (C=O) groups excluding carboxylic acids is 1. The Kier molecular flexibility index (Phi) is 6.23. The first-order valence-corrected chi connectivity index (χ1v) is 9.45. The molecule has 0 bridgehead atoms. The molecule has 10 heteroatoms. The third-order valence-corrected chi connectivity index (χ3v) is 5.15. The average molecular weight is 411 g/mol. The summed E-state index contributed by atoms with van der Waals surface area (Å²) in [5, 5.41) is 2.73. The number of nitrogens with one attached hydrogen (secondary N) is 1. The van der Waals surface area contributed by atoms with Gasteiger partial charge in [-0.25, -0.2) is 4.98 Å². The summed E-state index contributed by atoms with van der Waals surface area (Å²) in [7, 11) is 2.05. The monoisotopic (exact) mass is 411 g/mol. The number of nitrogens with zero attached hydrogens (tertiary/aromatic N) is 4. The first-order chi connectivity index (χ1) is 13.7. The van der Waals surface area contributed by atoms with Crippen molar-refractivity contribution in [3.8, 4) is 0 Å². The van der Waals surface area contributed by atoms with Gasteiger partial charge in [0.25, 0.3) is 5.56 Å². The molecule has 1 atom stereocenters. The molecule has 158 valence electrons. The van der Waals surface area contributed by atoms with Gasteiger partial charge in [0, 0.05) is 39.3 Å². The molecule has 1 aromatic heterocycles. The fraction of sp³-hybridized carbons (Fsp3) is 0.526. The van der Waals surface area contributed by atoms with Crippen molar-refractivity contribution >= 4 is 16.9 Å². The van der Waals surface area contributed by atoms with E-state index < -0.39 is 29.4 Å². The van der Waals surface area contributed by atoms with Crippen molar-refractivity contribution in [2.24, 2.45) is 0 Å². The van der Waals surface area contributed by atoms with Crippen LogP contribution in [0.1, 0.15) is 18.7 Å². The highest BCUT2D eigenvalue weighted by molar-refractivity contribution is 5.83. The number of carbonyl (C=O) groups is 1. The van der Waals surface area contributed by atoms with Gasteiger partial charge in [-0.1, -0.05) is 12.1 Å². The summed E-state index contributed by atoms with van der Waals surface area (Å²) in [6.45, 7) is 6.10. The van der Waals surface area contributed by atoms with Crippen molar-refractivity contribution < 1.29 is 18.0 Å². The minimum atomic E-state index is -4.90. The van der Waals surface area contributed by atoms with Crippen molar-refractivity contribution in [3.05, 3.63) is 40.3 Å². The molecule has 3 rings (SSSR count). The zero-order chi connectivity index (χ0) is 21.2. The SMILES string of the molecule is CC(C(=O)NCCN1CCN(C)CC1)n1c(=O)c(C(F)(F)F)nc2ccccc21. The zero-order valence-corrected chi connectivity index (χ0v) is 16.4. The van der Waals surface area contributed by atoms with E-state index in [0.717, 1.165) is 30.7 Å². The van der Waals surface area contributed by atoms with E-state index in [2.05, 4.69) is 20.1 Å². The highest BCUT2D eigenvalue weighted by Gasteiger charge is 2.38. The van der Waals surface area contributed by atoms with Crippen molar-refractivity contribution in [3.63, 3.8) is 0 Å². The van der Waals surface area contributed by atoms with E-state index in [9.17, 15) is 22.8 Å². The van der Waals surface area contributed by atoms with Crippen LogP contribution in [0.4, 0.5) is 13.2 Å². The minimum Gasteiger partial charge on any atom is -0.353 e. The van der Waals surface area contributed by atoms with Gasteiger partial charge in [0.15, 0.2) is 0 Å². The van der Waals surface area contributed by atoms with Gasteiger partial charge in [0.2, 0.25) is 11.6 Å².